The number of nitrogens with two attached hydrogens (primary N) is 2. The molecule has 1 rings (SSSR count). The Hall–Kier alpha value is -0.810. The van der Waals surface area contributed by atoms with Gasteiger partial charge in [-0.2, -0.15) is 0 Å². The Balaban J connectivity index is 1.91. The van der Waals surface area contributed by atoms with Gasteiger partial charge in [0.25, 0.3) is 0 Å². The molecule has 0 radical (unpaired) electrons. The summed E-state index contributed by atoms with van der Waals surface area (Å²) >= 11 is 0. The molecular formula is C8H19N5. The quantitative estimate of drug-likeness (QED) is 0.241. The highest BCUT2D eigenvalue weighted by molar-refractivity contribution is 5.75. The zero-order valence-corrected chi connectivity index (χ0v) is 7.92. The van der Waals surface area contributed by atoms with E-state index in [1.165, 1.54) is 6.42 Å². The molecule has 1 aliphatic rings. The van der Waals surface area contributed by atoms with Gasteiger partial charge in [0.05, 0.1) is 0 Å². The molecule has 5 nitrogen and oxygen atoms in total. The van der Waals surface area contributed by atoms with E-state index in [9.17, 15) is 0 Å². The van der Waals surface area contributed by atoms with Gasteiger partial charge in [-0.3, -0.25) is 4.99 Å². The summed E-state index contributed by atoms with van der Waals surface area (Å²) in [5.74, 6) is 0.183. The Morgan fingerprint density at radius 2 is 2.38 bits per heavy atom. The van der Waals surface area contributed by atoms with Crippen LogP contribution in [-0.4, -0.2) is 38.2 Å². The topological polar surface area (TPSA) is 88.5 Å². The van der Waals surface area contributed by atoms with Crippen LogP contribution in [-0.2, 0) is 0 Å². The SMILES string of the molecule is NC(N)=NCCCNC1CCNC1. The zero-order valence-electron chi connectivity index (χ0n) is 7.92. The molecule has 0 saturated carbocycles. The van der Waals surface area contributed by atoms with Crippen LogP contribution in [0.15, 0.2) is 4.99 Å². The monoisotopic (exact) mass is 185 g/mol. The third-order valence-electron chi connectivity index (χ3n) is 2.12. The Bertz CT molecular complexity index is 158. The van der Waals surface area contributed by atoms with Crippen LogP contribution < -0.4 is 22.1 Å². The van der Waals surface area contributed by atoms with Crippen LogP contribution in [0.5, 0.6) is 0 Å². The Kier molecular flexibility index (Phi) is 4.56. The van der Waals surface area contributed by atoms with E-state index in [1.54, 1.807) is 0 Å². The highest BCUT2D eigenvalue weighted by Gasteiger charge is 2.12. The molecule has 0 spiro atoms. The summed E-state index contributed by atoms with van der Waals surface area (Å²) in [6.07, 6.45) is 2.22. The van der Waals surface area contributed by atoms with Gasteiger partial charge in [-0.05, 0) is 25.9 Å². The Morgan fingerprint density at radius 3 is 3.00 bits per heavy atom. The molecule has 1 saturated heterocycles. The molecule has 13 heavy (non-hydrogen) atoms. The average molecular weight is 185 g/mol. The lowest BCUT2D eigenvalue weighted by atomic mass is 10.2. The van der Waals surface area contributed by atoms with Gasteiger partial charge in [0.15, 0.2) is 5.96 Å². The lowest BCUT2D eigenvalue weighted by Gasteiger charge is -2.09. The van der Waals surface area contributed by atoms with E-state index in [4.69, 9.17) is 11.5 Å². The van der Waals surface area contributed by atoms with Gasteiger partial charge in [-0.15, -0.1) is 0 Å². The fraction of sp³-hybridized carbons (Fsp3) is 0.875. The van der Waals surface area contributed by atoms with Crippen molar-refractivity contribution in [3.63, 3.8) is 0 Å². The normalized spacial score (nSPS) is 21.7. The summed E-state index contributed by atoms with van der Waals surface area (Å²) in [5, 5.41) is 6.74. The van der Waals surface area contributed by atoms with E-state index in [-0.39, 0.29) is 5.96 Å². The zero-order chi connectivity index (χ0) is 9.52. The number of hydrogen-bond donors (Lipinski definition) is 4. The first kappa shape index (κ1) is 10.3. The molecule has 0 aromatic heterocycles. The number of rotatable bonds is 5. The second-order valence-electron chi connectivity index (χ2n) is 3.30. The van der Waals surface area contributed by atoms with Crippen molar-refractivity contribution >= 4 is 5.96 Å². The molecule has 76 valence electrons. The molecular weight excluding hydrogens is 166 g/mol. The Morgan fingerprint density at radius 1 is 1.54 bits per heavy atom. The molecule has 0 aromatic carbocycles. The summed E-state index contributed by atoms with van der Waals surface area (Å²) < 4.78 is 0. The van der Waals surface area contributed by atoms with E-state index in [0.717, 1.165) is 32.6 Å². The molecule has 0 aromatic rings. The Labute approximate surface area is 79.0 Å². The van der Waals surface area contributed by atoms with Gasteiger partial charge in [-0.25, -0.2) is 0 Å². The van der Waals surface area contributed by atoms with E-state index >= 15 is 0 Å². The van der Waals surface area contributed by atoms with Crippen molar-refractivity contribution < 1.29 is 0 Å². The molecule has 1 atom stereocenters. The highest BCUT2D eigenvalue weighted by atomic mass is 15.0. The van der Waals surface area contributed by atoms with Gasteiger partial charge < -0.3 is 22.1 Å². The second-order valence-corrected chi connectivity index (χ2v) is 3.30. The minimum Gasteiger partial charge on any atom is -0.370 e. The summed E-state index contributed by atoms with van der Waals surface area (Å²) in [6.45, 7) is 3.92. The van der Waals surface area contributed by atoms with Crippen molar-refractivity contribution in [3.05, 3.63) is 0 Å². The van der Waals surface area contributed by atoms with Crippen molar-refractivity contribution in [1.29, 1.82) is 0 Å². The first-order valence-corrected chi connectivity index (χ1v) is 4.78. The van der Waals surface area contributed by atoms with E-state index in [0.29, 0.717) is 6.04 Å². The third kappa shape index (κ3) is 4.69. The van der Waals surface area contributed by atoms with Crippen LogP contribution in [0.1, 0.15) is 12.8 Å². The minimum absolute atomic E-state index is 0.183. The number of nitrogens with one attached hydrogen (secondary N) is 2. The molecule has 0 amide bonds. The lowest BCUT2D eigenvalue weighted by Crippen LogP contribution is -2.32. The summed E-state index contributed by atoms with van der Waals surface area (Å²) in [4.78, 5) is 3.91. The standard InChI is InChI=1S/C8H19N5/c9-8(10)13-4-1-3-12-7-2-5-11-6-7/h7,11-12H,1-6H2,(H4,9,10,13). The molecule has 0 aliphatic carbocycles. The first-order chi connectivity index (χ1) is 6.29. The molecule has 5 heteroatoms. The number of hydrogen-bond acceptors (Lipinski definition) is 3. The third-order valence-corrected chi connectivity index (χ3v) is 2.12. The molecule has 1 fully saturated rings. The fourth-order valence-electron chi connectivity index (χ4n) is 1.42. The lowest BCUT2D eigenvalue weighted by molar-refractivity contribution is 0.538. The molecule has 1 unspecified atom stereocenters. The van der Waals surface area contributed by atoms with Crippen molar-refractivity contribution in [1.82, 2.24) is 10.6 Å². The van der Waals surface area contributed by atoms with Crippen LogP contribution in [0.2, 0.25) is 0 Å². The minimum atomic E-state index is 0.183. The largest absolute Gasteiger partial charge is 0.370 e. The molecule has 1 aliphatic heterocycles. The van der Waals surface area contributed by atoms with Crippen LogP contribution in [0.3, 0.4) is 0 Å². The smallest absolute Gasteiger partial charge is 0.185 e. The number of aliphatic imine (C=N–C) groups is 1. The predicted octanol–water partition coefficient (Wildman–Crippen LogP) is -1.40. The van der Waals surface area contributed by atoms with Gasteiger partial charge >= 0.3 is 0 Å². The van der Waals surface area contributed by atoms with Gasteiger partial charge in [-0.1, -0.05) is 0 Å². The maximum Gasteiger partial charge on any atom is 0.185 e. The fourth-order valence-corrected chi connectivity index (χ4v) is 1.42. The maximum atomic E-state index is 5.19. The van der Waals surface area contributed by atoms with Crippen molar-refractivity contribution in [2.24, 2.45) is 16.5 Å². The predicted molar refractivity (Wildman–Crippen MR) is 54.6 cm³/mol. The van der Waals surface area contributed by atoms with E-state index in [2.05, 4.69) is 15.6 Å². The van der Waals surface area contributed by atoms with Crippen molar-refractivity contribution in [3.8, 4) is 0 Å². The van der Waals surface area contributed by atoms with Crippen LogP contribution in [0.25, 0.3) is 0 Å². The maximum absolute atomic E-state index is 5.19. The summed E-state index contributed by atoms with van der Waals surface area (Å²) in [7, 11) is 0. The first-order valence-electron chi connectivity index (χ1n) is 4.78. The highest BCUT2D eigenvalue weighted by Crippen LogP contribution is 1.96. The molecule has 0 bridgehead atoms. The summed E-state index contributed by atoms with van der Waals surface area (Å²) in [6, 6.07) is 0.638. The van der Waals surface area contributed by atoms with Gasteiger partial charge in [0.2, 0.25) is 0 Å². The number of nitrogens with zero attached hydrogens (tertiary/aromatic N) is 1. The van der Waals surface area contributed by atoms with Crippen LogP contribution in [0, 0.1) is 0 Å². The van der Waals surface area contributed by atoms with Crippen LogP contribution >= 0.6 is 0 Å². The number of guanidine groups is 1. The molecule has 6 N–H and O–H groups in total. The van der Waals surface area contributed by atoms with Gasteiger partial charge in [0, 0.05) is 19.1 Å². The van der Waals surface area contributed by atoms with Crippen molar-refractivity contribution in [2.45, 2.75) is 18.9 Å². The summed E-state index contributed by atoms with van der Waals surface area (Å²) in [5.41, 5.74) is 10.4. The van der Waals surface area contributed by atoms with Crippen LogP contribution in [0.4, 0.5) is 0 Å². The van der Waals surface area contributed by atoms with E-state index in [1.807, 2.05) is 0 Å². The molecule has 1 heterocycles. The second kappa shape index (κ2) is 5.77. The van der Waals surface area contributed by atoms with E-state index < -0.39 is 0 Å². The van der Waals surface area contributed by atoms with Crippen molar-refractivity contribution in [2.75, 3.05) is 26.2 Å². The van der Waals surface area contributed by atoms with Gasteiger partial charge in [0.1, 0.15) is 0 Å². The average Bonchev–Trinajstić information content (AvgIpc) is 2.55.